The molecule has 2 aromatic rings. The Morgan fingerprint density at radius 1 is 1.38 bits per heavy atom. The summed E-state index contributed by atoms with van der Waals surface area (Å²) in [6.07, 6.45) is 6.59. The van der Waals surface area contributed by atoms with Crippen LogP contribution in [0.15, 0.2) is 36.9 Å². The predicted molar refractivity (Wildman–Crippen MR) is 85.6 cm³/mol. The Morgan fingerprint density at radius 3 is 2.90 bits per heavy atom. The van der Waals surface area contributed by atoms with E-state index >= 15 is 0 Å². The quantitative estimate of drug-likeness (QED) is 0.757. The minimum absolute atomic E-state index is 0.379. The molecular weight excluding hydrogens is 262 g/mol. The first-order chi connectivity index (χ1) is 10.2. The van der Waals surface area contributed by atoms with Crippen molar-refractivity contribution in [2.45, 2.75) is 39.8 Å². The van der Waals surface area contributed by atoms with Crippen LogP contribution in [0.4, 0.5) is 0 Å². The summed E-state index contributed by atoms with van der Waals surface area (Å²) >= 11 is 0. The number of rotatable bonds is 8. The molecule has 0 aliphatic rings. The highest BCUT2D eigenvalue weighted by molar-refractivity contribution is 5.37. The second-order valence-corrected chi connectivity index (χ2v) is 5.31. The highest BCUT2D eigenvalue weighted by Crippen LogP contribution is 2.22. The molecule has 0 saturated heterocycles. The zero-order chi connectivity index (χ0) is 15.1. The molecule has 1 atom stereocenters. The van der Waals surface area contributed by atoms with Crippen LogP contribution in [0.3, 0.4) is 0 Å². The summed E-state index contributed by atoms with van der Waals surface area (Å²) in [5.41, 5.74) is 2.50. The van der Waals surface area contributed by atoms with E-state index in [1.165, 1.54) is 11.1 Å². The van der Waals surface area contributed by atoms with Gasteiger partial charge in [-0.3, -0.25) is 0 Å². The smallest absolute Gasteiger partial charge is 0.122 e. The van der Waals surface area contributed by atoms with Crippen molar-refractivity contribution in [2.75, 3.05) is 13.2 Å². The second-order valence-electron chi connectivity index (χ2n) is 5.31. The van der Waals surface area contributed by atoms with Crippen molar-refractivity contribution in [2.24, 2.45) is 0 Å². The first-order valence-corrected chi connectivity index (χ1v) is 7.63. The Bertz CT molecular complexity index is 537. The molecule has 4 nitrogen and oxygen atoms in total. The number of hydrogen-bond donors (Lipinski definition) is 1. The molecule has 114 valence electrons. The zero-order valence-corrected chi connectivity index (χ0v) is 13.2. The molecule has 0 radical (unpaired) electrons. The van der Waals surface area contributed by atoms with Gasteiger partial charge in [-0.05, 0) is 44.0 Å². The van der Waals surface area contributed by atoms with Gasteiger partial charge in [-0.25, -0.2) is 4.98 Å². The maximum absolute atomic E-state index is 5.88. The van der Waals surface area contributed by atoms with Gasteiger partial charge >= 0.3 is 0 Å². The van der Waals surface area contributed by atoms with Crippen molar-refractivity contribution >= 4 is 0 Å². The van der Waals surface area contributed by atoms with E-state index in [2.05, 4.69) is 53.8 Å². The molecule has 0 saturated carbocycles. The van der Waals surface area contributed by atoms with Gasteiger partial charge in [0.25, 0.3) is 0 Å². The van der Waals surface area contributed by atoms with E-state index in [0.29, 0.717) is 6.04 Å². The molecule has 1 aromatic carbocycles. The lowest BCUT2D eigenvalue weighted by Gasteiger charge is -2.15. The minimum Gasteiger partial charge on any atom is -0.493 e. The lowest BCUT2D eigenvalue weighted by Crippen LogP contribution is -2.17. The minimum atomic E-state index is 0.379. The number of aryl methyl sites for hydroxylation is 2. The average molecular weight is 287 g/mol. The number of ether oxygens (including phenoxy) is 1. The monoisotopic (exact) mass is 287 g/mol. The van der Waals surface area contributed by atoms with Crippen LogP contribution in [0.25, 0.3) is 0 Å². The summed E-state index contributed by atoms with van der Waals surface area (Å²) in [6.45, 7) is 9.06. The van der Waals surface area contributed by atoms with Crippen LogP contribution in [0, 0.1) is 6.92 Å². The molecule has 4 heteroatoms. The molecule has 0 aliphatic carbocycles. The Labute approximate surface area is 127 Å². The number of nitrogens with one attached hydrogen (secondary N) is 1. The maximum atomic E-state index is 5.88. The number of imidazole rings is 1. The van der Waals surface area contributed by atoms with Crippen molar-refractivity contribution < 1.29 is 4.74 Å². The molecule has 0 aliphatic heterocycles. The highest BCUT2D eigenvalue weighted by Gasteiger charge is 2.06. The Kier molecular flexibility index (Phi) is 5.81. The molecule has 1 N–H and O–H groups in total. The molecule has 1 unspecified atom stereocenters. The third kappa shape index (κ3) is 4.60. The molecule has 0 spiro atoms. The van der Waals surface area contributed by atoms with Crippen LogP contribution in [0.2, 0.25) is 0 Å². The van der Waals surface area contributed by atoms with Crippen molar-refractivity contribution in [1.29, 1.82) is 0 Å². The fourth-order valence-corrected chi connectivity index (χ4v) is 2.38. The molecule has 21 heavy (non-hydrogen) atoms. The maximum Gasteiger partial charge on any atom is 0.122 e. The summed E-state index contributed by atoms with van der Waals surface area (Å²) in [5, 5.41) is 3.43. The second kappa shape index (κ2) is 7.84. The van der Waals surface area contributed by atoms with E-state index < -0.39 is 0 Å². The van der Waals surface area contributed by atoms with E-state index in [4.69, 9.17) is 4.74 Å². The van der Waals surface area contributed by atoms with Crippen LogP contribution in [-0.2, 0) is 6.54 Å². The topological polar surface area (TPSA) is 39.1 Å². The normalized spacial score (nSPS) is 12.3. The number of nitrogens with zero attached hydrogens (tertiary/aromatic N) is 2. The Morgan fingerprint density at radius 2 is 2.24 bits per heavy atom. The number of aromatic nitrogens is 2. The standard InChI is InChI=1S/C17H25N3O/c1-4-19-15(3)16-6-7-17(14(2)12-16)21-11-5-9-20-10-8-18-13-20/h6-8,10,12-13,15,19H,4-5,9,11H2,1-3H3. The molecule has 1 aromatic heterocycles. The van der Waals surface area contributed by atoms with Gasteiger partial charge in [-0.15, -0.1) is 0 Å². The summed E-state index contributed by atoms with van der Waals surface area (Å²) in [4.78, 5) is 4.03. The van der Waals surface area contributed by atoms with Crippen molar-refractivity contribution in [3.8, 4) is 5.75 Å². The van der Waals surface area contributed by atoms with Crippen molar-refractivity contribution in [3.05, 3.63) is 48.0 Å². The first kappa shape index (κ1) is 15.6. The van der Waals surface area contributed by atoms with Gasteiger partial charge in [0.2, 0.25) is 0 Å². The van der Waals surface area contributed by atoms with Gasteiger partial charge in [-0.2, -0.15) is 0 Å². The van der Waals surface area contributed by atoms with Gasteiger partial charge in [0, 0.05) is 25.0 Å². The third-order valence-corrected chi connectivity index (χ3v) is 3.59. The van der Waals surface area contributed by atoms with E-state index in [9.17, 15) is 0 Å². The van der Waals surface area contributed by atoms with Gasteiger partial charge in [0.15, 0.2) is 0 Å². The largest absolute Gasteiger partial charge is 0.493 e. The van der Waals surface area contributed by atoms with E-state index in [-0.39, 0.29) is 0 Å². The first-order valence-electron chi connectivity index (χ1n) is 7.63. The van der Waals surface area contributed by atoms with E-state index in [1.54, 1.807) is 6.20 Å². The van der Waals surface area contributed by atoms with Crippen LogP contribution < -0.4 is 10.1 Å². The summed E-state index contributed by atoms with van der Waals surface area (Å²) in [6, 6.07) is 6.81. The molecular formula is C17H25N3O. The fourth-order valence-electron chi connectivity index (χ4n) is 2.38. The van der Waals surface area contributed by atoms with Crippen LogP contribution >= 0.6 is 0 Å². The molecule has 0 bridgehead atoms. The average Bonchev–Trinajstić information content (AvgIpc) is 2.98. The third-order valence-electron chi connectivity index (χ3n) is 3.59. The number of hydrogen-bond acceptors (Lipinski definition) is 3. The molecule has 0 fully saturated rings. The van der Waals surface area contributed by atoms with Crippen LogP contribution in [-0.4, -0.2) is 22.7 Å². The highest BCUT2D eigenvalue weighted by atomic mass is 16.5. The van der Waals surface area contributed by atoms with Gasteiger partial charge < -0.3 is 14.6 Å². The van der Waals surface area contributed by atoms with Gasteiger partial charge in [0.05, 0.1) is 12.9 Å². The van der Waals surface area contributed by atoms with Crippen molar-refractivity contribution in [3.63, 3.8) is 0 Å². The lowest BCUT2D eigenvalue weighted by molar-refractivity contribution is 0.299. The van der Waals surface area contributed by atoms with Crippen LogP contribution in [0.5, 0.6) is 5.75 Å². The molecule has 1 heterocycles. The summed E-state index contributed by atoms with van der Waals surface area (Å²) in [7, 11) is 0. The van der Waals surface area contributed by atoms with Crippen LogP contribution in [0.1, 0.15) is 37.4 Å². The van der Waals surface area contributed by atoms with Gasteiger partial charge in [-0.1, -0.05) is 19.1 Å². The SMILES string of the molecule is CCNC(C)c1ccc(OCCCn2ccnc2)c(C)c1. The predicted octanol–water partition coefficient (Wildman–Crippen LogP) is 3.33. The number of benzene rings is 1. The van der Waals surface area contributed by atoms with E-state index in [1.807, 2.05) is 12.5 Å². The zero-order valence-electron chi connectivity index (χ0n) is 13.2. The Balaban J connectivity index is 1.83. The molecule has 2 rings (SSSR count). The molecule has 0 amide bonds. The van der Waals surface area contributed by atoms with Crippen molar-refractivity contribution in [1.82, 2.24) is 14.9 Å². The van der Waals surface area contributed by atoms with Gasteiger partial charge in [0.1, 0.15) is 5.75 Å². The fraction of sp³-hybridized carbons (Fsp3) is 0.471. The summed E-state index contributed by atoms with van der Waals surface area (Å²) < 4.78 is 7.94. The summed E-state index contributed by atoms with van der Waals surface area (Å²) in [5.74, 6) is 0.980. The lowest BCUT2D eigenvalue weighted by atomic mass is 10.1. The Hall–Kier alpha value is -1.81. The van der Waals surface area contributed by atoms with E-state index in [0.717, 1.165) is 31.9 Å².